The number of carboxylic acid groups (broad SMARTS) is 2. The minimum absolute atomic E-state index is 0.0109. The Morgan fingerprint density at radius 1 is 0.317 bits per heavy atom. The van der Waals surface area contributed by atoms with Crippen molar-refractivity contribution in [1.82, 2.24) is 0 Å². The number of aliphatic carboxylic acids is 2. The molecular formula is C50H80O10. The van der Waals surface area contributed by atoms with E-state index in [0.717, 1.165) is 88.2 Å². The van der Waals surface area contributed by atoms with Gasteiger partial charge in [-0.1, -0.05) is 93.2 Å². The Hall–Kier alpha value is -3.96. The molecule has 0 aliphatic heterocycles. The minimum atomic E-state index is -2.06. The number of carboxylic acids is 2. The zero-order chi connectivity index (χ0) is 46.2. The fraction of sp³-hybridized carbons (Fsp3) is 0.600. The number of hydrogen-bond acceptors (Lipinski definition) is 8. The van der Waals surface area contributed by atoms with Crippen molar-refractivity contribution < 1.29 is 49.8 Å². The average molecular weight is 841 g/mol. The first-order chi connectivity index (χ1) is 28.1. The number of aliphatic hydroxyl groups is 4. The summed E-state index contributed by atoms with van der Waals surface area (Å²) in [5.41, 5.74) is 10.7. The first kappa shape index (κ1) is 58.1. The van der Waals surface area contributed by atoms with Gasteiger partial charge in [0.1, 0.15) is 12.2 Å². The van der Waals surface area contributed by atoms with Crippen LogP contribution in [0, 0.1) is 0 Å². The van der Waals surface area contributed by atoms with Gasteiger partial charge in [0.2, 0.25) is 0 Å². The molecule has 60 heavy (non-hydrogen) atoms. The smallest absolute Gasteiger partial charge is 0.335 e. The summed E-state index contributed by atoms with van der Waals surface area (Å²) in [6, 6.07) is 0. The van der Waals surface area contributed by atoms with Crippen LogP contribution < -0.4 is 0 Å². The number of carbonyl (C=O) groups is 4. The van der Waals surface area contributed by atoms with Crippen molar-refractivity contribution in [2.45, 2.75) is 196 Å². The van der Waals surface area contributed by atoms with E-state index >= 15 is 0 Å². The maximum atomic E-state index is 11.7. The van der Waals surface area contributed by atoms with Crippen molar-refractivity contribution in [3.8, 4) is 0 Å². The predicted octanol–water partition coefficient (Wildman–Crippen LogP) is 10.6. The van der Waals surface area contributed by atoms with Crippen LogP contribution in [0.1, 0.15) is 172 Å². The highest BCUT2D eigenvalue weighted by Gasteiger charge is 2.30. The van der Waals surface area contributed by atoms with E-state index in [4.69, 9.17) is 10.2 Å². The molecule has 0 aliphatic carbocycles. The van der Waals surface area contributed by atoms with Crippen LogP contribution in [-0.4, -0.2) is 78.6 Å². The van der Waals surface area contributed by atoms with Crippen LogP contribution in [0.4, 0.5) is 0 Å². The van der Waals surface area contributed by atoms with Gasteiger partial charge < -0.3 is 30.6 Å². The summed E-state index contributed by atoms with van der Waals surface area (Å²) in [6.45, 7) is 21.2. The number of hydrogen-bond donors (Lipinski definition) is 6. The molecule has 0 saturated heterocycles. The third kappa shape index (κ3) is 32.8. The molecule has 4 atom stereocenters. The van der Waals surface area contributed by atoms with Gasteiger partial charge in [0.05, 0.1) is 0 Å². The number of rotatable bonds is 30. The van der Waals surface area contributed by atoms with Crippen molar-refractivity contribution in [2.24, 2.45) is 0 Å². The van der Waals surface area contributed by atoms with Crippen LogP contribution in [0.5, 0.6) is 0 Å². The summed E-state index contributed by atoms with van der Waals surface area (Å²) in [5, 5.41) is 54.6. The molecule has 0 rings (SSSR count). The summed E-state index contributed by atoms with van der Waals surface area (Å²) >= 11 is 0. The molecule has 340 valence electrons. The van der Waals surface area contributed by atoms with Crippen LogP contribution in [-0.2, 0) is 19.2 Å². The first-order valence-corrected chi connectivity index (χ1v) is 21.5. The fourth-order valence-electron chi connectivity index (χ4n) is 5.81. The van der Waals surface area contributed by atoms with Crippen molar-refractivity contribution >= 4 is 23.5 Å². The second-order valence-electron chi connectivity index (χ2n) is 16.6. The summed E-state index contributed by atoms with van der Waals surface area (Å²) in [7, 11) is 0. The lowest BCUT2D eigenvalue weighted by Crippen LogP contribution is -2.39. The molecule has 0 spiro atoms. The second-order valence-corrected chi connectivity index (χ2v) is 16.6. The van der Waals surface area contributed by atoms with Gasteiger partial charge in [-0.2, -0.15) is 0 Å². The van der Waals surface area contributed by atoms with E-state index in [0.29, 0.717) is 12.8 Å². The van der Waals surface area contributed by atoms with Gasteiger partial charge >= 0.3 is 11.9 Å². The highest BCUT2D eigenvalue weighted by atomic mass is 16.4. The molecule has 0 radical (unpaired) electrons. The normalized spacial score (nSPS) is 15.0. The van der Waals surface area contributed by atoms with Gasteiger partial charge in [0, 0.05) is 12.8 Å². The Morgan fingerprint density at radius 2 is 0.500 bits per heavy atom. The molecule has 0 aromatic heterocycles. The zero-order valence-corrected chi connectivity index (χ0v) is 38.6. The quantitative estimate of drug-likeness (QED) is 0.0380. The molecule has 0 aromatic rings. The largest absolute Gasteiger partial charge is 0.479 e. The van der Waals surface area contributed by atoms with Crippen LogP contribution >= 0.6 is 0 Å². The van der Waals surface area contributed by atoms with E-state index in [1.54, 1.807) is 0 Å². The standard InChI is InChI=1S/2C25H40O5/c2*1-18(2)10-6-11-19(3)12-7-13-20(4)14-8-15-21(5)16-9-17-22(26)23(27)24(28)25(29)30/h2*10,12,14,16,23-24,27-28H,6-9,11,13,15,17H2,1-5H3,(H,29,30). The molecule has 0 heterocycles. The van der Waals surface area contributed by atoms with Crippen molar-refractivity contribution in [1.29, 1.82) is 0 Å². The van der Waals surface area contributed by atoms with Gasteiger partial charge in [-0.15, -0.1) is 0 Å². The van der Waals surface area contributed by atoms with Crippen LogP contribution in [0.3, 0.4) is 0 Å². The first-order valence-electron chi connectivity index (χ1n) is 21.5. The SMILES string of the molecule is CC(C)=CCCC(C)=CCCC(C)=CCCC(C)=CCCC(=O)C(O)C(O)C(=O)O.CC(C)=CCCC(C)=CCCC(C)=CCCC(C)=CCCC(=O)C(O)C(O)C(=O)O. The second kappa shape index (κ2) is 34.7. The molecule has 6 N–H and O–H groups in total. The van der Waals surface area contributed by atoms with E-state index in [-0.39, 0.29) is 12.8 Å². The lowest BCUT2D eigenvalue weighted by atomic mass is 10.0. The number of carbonyl (C=O) groups excluding carboxylic acids is 2. The Morgan fingerprint density at radius 3 is 0.683 bits per heavy atom. The number of aliphatic hydroxyl groups excluding tert-OH is 4. The maximum Gasteiger partial charge on any atom is 0.335 e. The predicted molar refractivity (Wildman–Crippen MR) is 245 cm³/mol. The average Bonchev–Trinajstić information content (AvgIpc) is 3.16. The number of ketones is 2. The van der Waals surface area contributed by atoms with Gasteiger partial charge in [-0.05, 0) is 159 Å². The minimum Gasteiger partial charge on any atom is -0.479 e. The Balaban J connectivity index is 0. The molecule has 10 heteroatoms. The van der Waals surface area contributed by atoms with Crippen LogP contribution in [0.25, 0.3) is 0 Å². The molecule has 4 unspecified atom stereocenters. The van der Waals surface area contributed by atoms with Gasteiger partial charge in [0.25, 0.3) is 0 Å². The number of allylic oxidation sites excluding steroid dienone is 16. The molecule has 0 saturated carbocycles. The Kier molecular flexibility index (Phi) is 33.6. The zero-order valence-electron chi connectivity index (χ0n) is 38.6. The topological polar surface area (TPSA) is 190 Å². The molecule has 0 amide bonds. The molecule has 10 nitrogen and oxygen atoms in total. The van der Waals surface area contributed by atoms with Gasteiger partial charge in [-0.3, -0.25) is 9.59 Å². The van der Waals surface area contributed by atoms with Crippen molar-refractivity contribution in [3.05, 3.63) is 93.2 Å². The summed E-state index contributed by atoms with van der Waals surface area (Å²) in [4.78, 5) is 44.5. The van der Waals surface area contributed by atoms with E-state index in [1.165, 1.54) is 33.4 Å². The third-order valence-electron chi connectivity index (χ3n) is 9.84. The monoisotopic (exact) mass is 841 g/mol. The summed E-state index contributed by atoms with van der Waals surface area (Å²) in [5.74, 6) is -4.51. The van der Waals surface area contributed by atoms with Crippen molar-refractivity contribution in [2.75, 3.05) is 0 Å². The van der Waals surface area contributed by atoms with Gasteiger partial charge in [0.15, 0.2) is 23.8 Å². The van der Waals surface area contributed by atoms with E-state index in [2.05, 4.69) is 91.8 Å². The highest BCUT2D eigenvalue weighted by Crippen LogP contribution is 2.16. The molecule has 0 fully saturated rings. The molecular weight excluding hydrogens is 761 g/mol. The van der Waals surface area contributed by atoms with Gasteiger partial charge in [-0.25, -0.2) is 9.59 Å². The molecule has 0 aromatic carbocycles. The summed E-state index contributed by atoms with van der Waals surface area (Å²) < 4.78 is 0. The van der Waals surface area contributed by atoms with Crippen LogP contribution in [0.2, 0.25) is 0 Å². The lowest BCUT2D eigenvalue weighted by molar-refractivity contribution is -0.157. The van der Waals surface area contributed by atoms with E-state index < -0.39 is 47.9 Å². The van der Waals surface area contributed by atoms with E-state index in [9.17, 15) is 39.6 Å². The highest BCUT2D eigenvalue weighted by molar-refractivity contribution is 5.89. The number of Topliss-reactive ketones (excluding diaryl/α,β-unsaturated/α-hetero) is 2. The Labute approximate surface area is 362 Å². The fourth-order valence-corrected chi connectivity index (χ4v) is 5.81. The molecule has 0 aliphatic rings. The van der Waals surface area contributed by atoms with E-state index in [1.807, 2.05) is 26.0 Å². The van der Waals surface area contributed by atoms with Crippen molar-refractivity contribution in [3.63, 3.8) is 0 Å². The maximum absolute atomic E-state index is 11.7. The Bertz CT molecular complexity index is 1440. The summed E-state index contributed by atoms with van der Waals surface area (Å²) in [6.07, 6.45) is 22.9. The van der Waals surface area contributed by atoms with Crippen LogP contribution in [0.15, 0.2) is 93.2 Å². The lowest BCUT2D eigenvalue weighted by Gasteiger charge is -2.12. The molecule has 0 bridgehead atoms. The third-order valence-corrected chi connectivity index (χ3v) is 9.84.